The van der Waals surface area contributed by atoms with Crippen molar-refractivity contribution in [2.45, 2.75) is 26.7 Å². The fourth-order valence-electron chi connectivity index (χ4n) is 3.29. The van der Waals surface area contributed by atoms with E-state index in [1.165, 1.54) is 48.3 Å². The molecule has 0 aliphatic carbocycles. The number of hydrogen-bond acceptors (Lipinski definition) is 2. The molecule has 1 saturated heterocycles. The number of nitrogens with zero attached hydrogens (tertiary/aromatic N) is 3. The summed E-state index contributed by atoms with van der Waals surface area (Å²) in [6.07, 6.45) is 6.80. The van der Waals surface area contributed by atoms with Gasteiger partial charge in [-0.3, -0.25) is 0 Å². The lowest BCUT2D eigenvalue weighted by molar-refractivity contribution is 0.949. The van der Waals surface area contributed by atoms with Crippen molar-refractivity contribution in [2.24, 2.45) is 0 Å². The van der Waals surface area contributed by atoms with Crippen LogP contribution in [0.1, 0.15) is 24.0 Å². The van der Waals surface area contributed by atoms with Gasteiger partial charge in [-0.25, -0.2) is 4.98 Å². The highest BCUT2D eigenvalue weighted by Crippen LogP contribution is 2.29. The van der Waals surface area contributed by atoms with E-state index < -0.39 is 0 Å². The minimum absolute atomic E-state index is 1.01. The highest BCUT2D eigenvalue weighted by Gasteiger charge is 2.15. The number of aromatic nitrogens is 2. The lowest BCUT2D eigenvalue weighted by Crippen LogP contribution is -2.18. The van der Waals surface area contributed by atoms with Gasteiger partial charge in [-0.2, -0.15) is 0 Å². The monoisotopic (exact) mass is 291 g/mol. The normalized spacial score (nSPS) is 14.9. The largest absolute Gasteiger partial charge is 0.371 e. The molecule has 1 fully saturated rings. The van der Waals surface area contributed by atoms with Crippen molar-refractivity contribution < 1.29 is 0 Å². The molecular weight excluding hydrogens is 270 g/mol. The molecule has 3 heterocycles. The number of benzene rings is 1. The van der Waals surface area contributed by atoms with Crippen molar-refractivity contribution in [3.63, 3.8) is 0 Å². The predicted octanol–water partition coefficient (Wildman–Crippen LogP) is 4.22. The first-order chi connectivity index (χ1) is 10.7. The number of imidazole rings is 1. The molecule has 0 saturated carbocycles. The van der Waals surface area contributed by atoms with Crippen LogP contribution in [-0.2, 0) is 0 Å². The van der Waals surface area contributed by atoms with Gasteiger partial charge in [0.1, 0.15) is 5.65 Å². The molecule has 3 nitrogen and oxygen atoms in total. The maximum atomic E-state index is 4.79. The molecule has 0 atom stereocenters. The third-order valence-corrected chi connectivity index (χ3v) is 4.57. The van der Waals surface area contributed by atoms with Gasteiger partial charge >= 0.3 is 0 Å². The number of pyridine rings is 1. The zero-order valence-electron chi connectivity index (χ0n) is 13.2. The minimum Gasteiger partial charge on any atom is -0.371 e. The lowest BCUT2D eigenvalue weighted by Gasteiger charge is -2.20. The van der Waals surface area contributed by atoms with Crippen LogP contribution in [0.25, 0.3) is 16.9 Å². The van der Waals surface area contributed by atoms with Gasteiger partial charge in [-0.1, -0.05) is 12.1 Å². The number of hydrogen-bond donors (Lipinski definition) is 0. The van der Waals surface area contributed by atoms with Gasteiger partial charge in [0.2, 0.25) is 0 Å². The second kappa shape index (κ2) is 5.16. The van der Waals surface area contributed by atoms with Crippen LogP contribution in [0.4, 0.5) is 5.69 Å². The second-order valence-electron chi connectivity index (χ2n) is 6.29. The standard InChI is InChI=1S/C19H21N3/c1-14-7-10-22-13-17(20-19(22)11-14)16-6-5-15(2)18(12-16)21-8-3-4-9-21/h5-7,10-13H,3-4,8-9H2,1-2H3. The summed E-state index contributed by atoms with van der Waals surface area (Å²) in [7, 11) is 0. The first-order valence-corrected chi connectivity index (χ1v) is 8.02. The average molecular weight is 291 g/mol. The molecule has 22 heavy (non-hydrogen) atoms. The van der Waals surface area contributed by atoms with Gasteiger partial charge < -0.3 is 9.30 Å². The van der Waals surface area contributed by atoms with Crippen LogP contribution in [0.3, 0.4) is 0 Å². The molecule has 3 heteroatoms. The van der Waals surface area contributed by atoms with Crippen molar-refractivity contribution >= 4 is 11.3 Å². The van der Waals surface area contributed by atoms with Crippen molar-refractivity contribution in [3.8, 4) is 11.3 Å². The van der Waals surface area contributed by atoms with Crippen LogP contribution in [0.15, 0.2) is 42.7 Å². The Morgan fingerprint density at radius 1 is 1.00 bits per heavy atom. The quantitative estimate of drug-likeness (QED) is 0.704. The maximum absolute atomic E-state index is 4.79. The topological polar surface area (TPSA) is 20.5 Å². The maximum Gasteiger partial charge on any atom is 0.137 e. The van der Waals surface area contributed by atoms with Gasteiger partial charge in [0.05, 0.1) is 5.69 Å². The molecule has 1 aliphatic rings. The second-order valence-corrected chi connectivity index (χ2v) is 6.29. The van der Waals surface area contributed by atoms with Crippen molar-refractivity contribution in [3.05, 3.63) is 53.9 Å². The van der Waals surface area contributed by atoms with Gasteiger partial charge in [0, 0.05) is 36.7 Å². The van der Waals surface area contributed by atoms with Crippen LogP contribution in [-0.4, -0.2) is 22.5 Å². The predicted molar refractivity (Wildman–Crippen MR) is 91.5 cm³/mol. The molecule has 1 aromatic carbocycles. The Hall–Kier alpha value is -2.29. The third kappa shape index (κ3) is 2.27. The van der Waals surface area contributed by atoms with E-state index in [4.69, 9.17) is 4.98 Å². The number of aryl methyl sites for hydroxylation is 2. The van der Waals surface area contributed by atoms with E-state index in [1.807, 2.05) is 0 Å². The summed E-state index contributed by atoms with van der Waals surface area (Å²) in [5, 5.41) is 0. The fraction of sp³-hybridized carbons (Fsp3) is 0.316. The Morgan fingerprint density at radius 2 is 1.82 bits per heavy atom. The molecule has 0 N–H and O–H groups in total. The number of fused-ring (bicyclic) bond motifs is 1. The highest BCUT2D eigenvalue weighted by atomic mass is 15.1. The van der Waals surface area contributed by atoms with Gasteiger partial charge in [0.25, 0.3) is 0 Å². The van der Waals surface area contributed by atoms with E-state index >= 15 is 0 Å². The first kappa shape index (κ1) is 13.4. The van der Waals surface area contributed by atoms with E-state index in [0.29, 0.717) is 0 Å². The lowest BCUT2D eigenvalue weighted by atomic mass is 10.1. The molecule has 112 valence electrons. The van der Waals surface area contributed by atoms with E-state index in [-0.39, 0.29) is 0 Å². The minimum atomic E-state index is 1.01. The SMILES string of the molecule is Cc1ccn2cc(-c3ccc(C)c(N4CCCC4)c3)nc2c1. The summed E-state index contributed by atoms with van der Waals surface area (Å²) in [5.74, 6) is 0. The molecule has 0 unspecified atom stereocenters. The number of rotatable bonds is 2. The molecule has 2 aromatic heterocycles. The van der Waals surface area contributed by atoms with Crippen molar-refractivity contribution in [2.75, 3.05) is 18.0 Å². The van der Waals surface area contributed by atoms with E-state index in [2.05, 4.69) is 65.9 Å². The molecule has 0 amide bonds. The van der Waals surface area contributed by atoms with Gasteiger partial charge in [0.15, 0.2) is 0 Å². The Kier molecular flexibility index (Phi) is 3.14. The molecule has 3 aromatic rings. The Balaban J connectivity index is 1.78. The zero-order valence-corrected chi connectivity index (χ0v) is 13.2. The summed E-state index contributed by atoms with van der Waals surface area (Å²) in [4.78, 5) is 7.28. The van der Waals surface area contributed by atoms with Crippen LogP contribution in [0.5, 0.6) is 0 Å². The average Bonchev–Trinajstić information content (AvgIpc) is 3.16. The zero-order chi connectivity index (χ0) is 15.1. The molecular formula is C19H21N3. The smallest absolute Gasteiger partial charge is 0.137 e. The summed E-state index contributed by atoms with van der Waals surface area (Å²) in [5.41, 5.74) is 7.22. The molecule has 0 spiro atoms. The fourth-order valence-corrected chi connectivity index (χ4v) is 3.29. The first-order valence-electron chi connectivity index (χ1n) is 8.02. The highest BCUT2D eigenvalue weighted by molar-refractivity contribution is 5.70. The van der Waals surface area contributed by atoms with Crippen LogP contribution in [0, 0.1) is 13.8 Å². The Labute approximate surface area is 131 Å². The summed E-state index contributed by atoms with van der Waals surface area (Å²) < 4.78 is 2.09. The van der Waals surface area contributed by atoms with Crippen LogP contribution < -0.4 is 4.90 Å². The third-order valence-electron chi connectivity index (χ3n) is 4.57. The van der Waals surface area contributed by atoms with Crippen LogP contribution >= 0.6 is 0 Å². The van der Waals surface area contributed by atoms with Gasteiger partial charge in [-0.05, 0) is 56.0 Å². The van der Waals surface area contributed by atoms with E-state index in [1.54, 1.807) is 0 Å². The summed E-state index contributed by atoms with van der Waals surface area (Å²) >= 11 is 0. The van der Waals surface area contributed by atoms with E-state index in [9.17, 15) is 0 Å². The number of anilines is 1. The Morgan fingerprint density at radius 3 is 2.64 bits per heavy atom. The van der Waals surface area contributed by atoms with Gasteiger partial charge in [-0.15, -0.1) is 0 Å². The van der Waals surface area contributed by atoms with Crippen LogP contribution in [0.2, 0.25) is 0 Å². The summed E-state index contributed by atoms with van der Waals surface area (Å²) in [6.45, 7) is 6.65. The molecule has 0 radical (unpaired) electrons. The Bertz CT molecular complexity index is 826. The summed E-state index contributed by atoms with van der Waals surface area (Å²) in [6, 6.07) is 10.9. The molecule has 4 rings (SSSR count). The molecule has 1 aliphatic heterocycles. The van der Waals surface area contributed by atoms with Crippen molar-refractivity contribution in [1.29, 1.82) is 0 Å². The molecule has 0 bridgehead atoms. The van der Waals surface area contributed by atoms with Crippen molar-refractivity contribution in [1.82, 2.24) is 9.38 Å². The van der Waals surface area contributed by atoms with E-state index in [0.717, 1.165) is 11.3 Å².